The summed E-state index contributed by atoms with van der Waals surface area (Å²) in [5.74, 6) is -0.260. The molecular formula is C10H20N2O2. The van der Waals surface area contributed by atoms with Crippen molar-refractivity contribution in [1.29, 1.82) is 0 Å². The summed E-state index contributed by atoms with van der Waals surface area (Å²) in [4.78, 5) is 11.4. The van der Waals surface area contributed by atoms with Gasteiger partial charge in [-0.1, -0.05) is 13.3 Å². The van der Waals surface area contributed by atoms with Crippen LogP contribution < -0.4 is 11.1 Å². The fraction of sp³-hybridized carbons (Fsp3) is 0.900. The molecule has 0 aromatic carbocycles. The predicted molar refractivity (Wildman–Crippen MR) is 54.9 cm³/mol. The quantitative estimate of drug-likeness (QED) is 0.691. The van der Waals surface area contributed by atoms with Crippen molar-refractivity contribution in [3.05, 3.63) is 0 Å². The van der Waals surface area contributed by atoms with E-state index in [0.29, 0.717) is 19.4 Å². The van der Waals surface area contributed by atoms with Gasteiger partial charge in [0.25, 0.3) is 0 Å². The van der Waals surface area contributed by atoms with Gasteiger partial charge in [0.15, 0.2) is 0 Å². The summed E-state index contributed by atoms with van der Waals surface area (Å²) in [7, 11) is 1.79. The van der Waals surface area contributed by atoms with Crippen LogP contribution in [0.2, 0.25) is 0 Å². The minimum Gasteiger partial charge on any atom is -0.378 e. The number of amides is 1. The number of carbonyl (C=O) groups excluding carboxylic acids is 1. The average molecular weight is 200 g/mol. The number of likely N-dealkylation sites (N-methyl/N-ethyl adjacent to an activating group) is 1. The average Bonchev–Trinajstić information content (AvgIpc) is 2.18. The van der Waals surface area contributed by atoms with Crippen LogP contribution in [0.25, 0.3) is 0 Å². The van der Waals surface area contributed by atoms with Gasteiger partial charge in [0.05, 0.1) is 6.10 Å². The molecule has 0 radical (unpaired) electrons. The lowest BCUT2D eigenvalue weighted by atomic mass is 9.85. The van der Waals surface area contributed by atoms with Crippen molar-refractivity contribution < 1.29 is 9.53 Å². The second kappa shape index (κ2) is 4.75. The minimum absolute atomic E-state index is 0.175. The van der Waals surface area contributed by atoms with Crippen LogP contribution in [0.5, 0.6) is 0 Å². The van der Waals surface area contributed by atoms with Crippen molar-refractivity contribution in [2.24, 2.45) is 5.73 Å². The molecule has 1 aliphatic rings. The Hall–Kier alpha value is -0.610. The molecule has 0 aromatic rings. The van der Waals surface area contributed by atoms with Crippen LogP contribution in [0, 0.1) is 0 Å². The van der Waals surface area contributed by atoms with Crippen molar-refractivity contribution in [1.82, 2.24) is 5.32 Å². The van der Waals surface area contributed by atoms with Gasteiger partial charge in [-0.15, -0.1) is 0 Å². The van der Waals surface area contributed by atoms with Gasteiger partial charge in [-0.3, -0.25) is 4.79 Å². The molecule has 1 amide bonds. The highest BCUT2D eigenvalue weighted by molar-refractivity contribution is 5.84. The largest absolute Gasteiger partial charge is 0.378 e. The number of carbonyl (C=O) groups is 1. The summed E-state index contributed by atoms with van der Waals surface area (Å²) in [6.45, 7) is 2.73. The third kappa shape index (κ3) is 2.25. The third-order valence-electron chi connectivity index (χ3n) is 3.02. The van der Waals surface area contributed by atoms with E-state index in [1.54, 1.807) is 7.05 Å². The molecule has 0 saturated carbocycles. The molecule has 4 heteroatoms. The lowest BCUT2D eigenvalue weighted by molar-refractivity contribution is -0.131. The topological polar surface area (TPSA) is 64.3 Å². The first-order chi connectivity index (χ1) is 6.64. The van der Waals surface area contributed by atoms with Gasteiger partial charge in [-0.25, -0.2) is 0 Å². The lowest BCUT2D eigenvalue weighted by Crippen LogP contribution is -2.58. The Kier molecular flexibility index (Phi) is 3.89. The summed E-state index contributed by atoms with van der Waals surface area (Å²) in [6.07, 6.45) is 3.62. The molecule has 2 atom stereocenters. The molecule has 1 aliphatic heterocycles. The van der Waals surface area contributed by atoms with Crippen LogP contribution in [-0.2, 0) is 9.53 Å². The van der Waals surface area contributed by atoms with Gasteiger partial charge in [0.2, 0.25) is 5.91 Å². The van der Waals surface area contributed by atoms with Crippen molar-refractivity contribution in [3.8, 4) is 0 Å². The standard InChI is InChI=1S/C10H20N2O2/c1-3-4-8-7-10(12-2,9(11)13)5-6-14-8/h8,12H,3-7H2,1-2H3,(H2,11,13). The second-order valence-electron chi connectivity index (χ2n) is 3.93. The van der Waals surface area contributed by atoms with Gasteiger partial charge in [-0.05, 0) is 19.9 Å². The van der Waals surface area contributed by atoms with E-state index < -0.39 is 5.54 Å². The Balaban J connectivity index is 2.64. The summed E-state index contributed by atoms with van der Waals surface area (Å²) in [6, 6.07) is 0. The SMILES string of the molecule is CCCC1CC(NC)(C(N)=O)CCO1. The molecule has 0 aliphatic carbocycles. The first-order valence-electron chi connectivity index (χ1n) is 5.25. The second-order valence-corrected chi connectivity index (χ2v) is 3.93. The summed E-state index contributed by atoms with van der Waals surface area (Å²) in [5, 5.41) is 3.05. The number of rotatable bonds is 4. The van der Waals surface area contributed by atoms with E-state index in [4.69, 9.17) is 10.5 Å². The molecule has 1 saturated heterocycles. The van der Waals surface area contributed by atoms with Crippen molar-refractivity contribution in [3.63, 3.8) is 0 Å². The molecule has 1 heterocycles. The summed E-state index contributed by atoms with van der Waals surface area (Å²) >= 11 is 0. The fourth-order valence-corrected chi connectivity index (χ4v) is 2.03. The minimum atomic E-state index is -0.544. The molecule has 82 valence electrons. The predicted octanol–water partition coefficient (Wildman–Crippen LogP) is 0.409. The Labute approximate surface area is 85.2 Å². The highest BCUT2D eigenvalue weighted by Crippen LogP contribution is 2.26. The molecular weight excluding hydrogens is 180 g/mol. The number of nitrogens with two attached hydrogens (primary N) is 1. The Bertz CT molecular complexity index is 206. The van der Waals surface area contributed by atoms with Crippen molar-refractivity contribution in [2.75, 3.05) is 13.7 Å². The molecule has 14 heavy (non-hydrogen) atoms. The summed E-state index contributed by atoms with van der Waals surface area (Å²) in [5.41, 5.74) is 4.87. The molecule has 1 fully saturated rings. The van der Waals surface area contributed by atoms with E-state index in [1.165, 1.54) is 0 Å². The fourth-order valence-electron chi connectivity index (χ4n) is 2.03. The van der Waals surface area contributed by atoms with Gasteiger partial charge in [0.1, 0.15) is 5.54 Å². The Morgan fingerprint density at radius 1 is 1.71 bits per heavy atom. The Morgan fingerprint density at radius 3 is 2.93 bits per heavy atom. The number of hydrogen-bond donors (Lipinski definition) is 2. The van der Waals surface area contributed by atoms with Gasteiger partial charge in [0, 0.05) is 13.0 Å². The third-order valence-corrected chi connectivity index (χ3v) is 3.02. The van der Waals surface area contributed by atoms with Crippen LogP contribution in [0.4, 0.5) is 0 Å². The van der Waals surface area contributed by atoms with E-state index in [1.807, 2.05) is 0 Å². The molecule has 3 N–H and O–H groups in total. The molecule has 0 aromatic heterocycles. The van der Waals surface area contributed by atoms with Gasteiger partial charge in [-0.2, -0.15) is 0 Å². The zero-order valence-electron chi connectivity index (χ0n) is 9.01. The maximum atomic E-state index is 11.4. The lowest BCUT2D eigenvalue weighted by Gasteiger charge is -2.38. The van der Waals surface area contributed by atoms with Crippen LogP contribution >= 0.6 is 0 Å². The highest BCUT2D eigenvalue weighted by atomic mass is 16.5. The van der Waals surface area contributed by atoms with Crippen LogP contribution in [0.1, 0.15) is 32.6 Å². The van der Waals surface area contributed by atoms with Crippen LogP contribution in [0.15, 0.2) is 0 Å². The zero-order valence-corrected chi connectivity index (χ0v) is 9.01. The Morgan fingerprint density at radius 2 is 2.43 bits per heavy atom. The van der Waals surface area contributed by atoms with E-state index >= 15 is 0 Å². The van der Waals surface area contributed by atoms with Gasteiger partial charge >= 0.3 is 0 Å². The van der Waals surface area contributed by atoms with Crippen molar-refractivity contribution in [2.45, 2.75) is 44.2 Å². The first-order valence-corrected chi connectivity index (χ1v) is 5.25. The monoisotopic (exact) mass is 200 g/mol. The van der Waals surface area contributed by atoms with Crippen LogP contribution in [-0.4, -0.2) is 31.2 Å². The number of primary amides is 1. The van der Waals surface area contributed by atoms with Crippen LogP contribution in [0.3, 0.4) is 0 Å². The maximum Gasteiger partial charge on any atom is 0.237 e. The number of hydrogen-bond acceptors (Lipinski definition) is 3. The maximum absolute atomic E-state index is 11.4. The molecule has 1 rings (SSSR count). The van der Waals surface area contributed by atoms with E-state index in [2.05, 4.69) is 12.2 Å². The molecule has 0 spiro atoms. The van der Waals surface area contributed by atoms with E-state index in [-0.39, 0.29) is 12.0 Å². The zero-order chi connectivity index (χ0) is 10.6. The smallest absolute Gasteiger partial charge is 0.237 e. The molecule has 2 unspecified atom stereocenters. The van der Waals surface area contributed by atoms with Gasteiger partial charge < -0.3 is 15.8 Å². The highest BCUT2D eigenvalue weighted by Gasteiger charge is 2.40. The molecule has 0 bridgehead atoms. The molecule has 4 nitrogen and oxygen atoms in total. The van der Waals surface area contributed by atoms with Crippen molar-refractivity contribution >= 4 is 5.91 Å². The van der Waals surface area contributed by atoms with E-state index in [0.717, 1.165) is 12.8 Å². The number of nitrogens with one attached hydrogen (secondary N) is 1. The summed E-state index contributed by atoms with van der Waals surface area (Å²) < 4.78 is 5.58. The first kappa shape index (κ1) is 11.5. The normalized spacial score (nSPS) is 32.9. The number of ether oxygens (including phenoxy) is 1. The van der Waals surface area contributed by atoms with E-state index in [9.17, 15) is 4.79 Å².